The van der Waals surface area contributed by atoms with Crippen LogP contribution in [0.1, 0.15) is 19.8 Å². The van der Waals surface area contributed by atoms with Gasteiger partial charge in [-0.15, -0.1) is 0 Å². The largest absolute Gasteiger partial charge is 0.473 e. The molecule has 1 aromatic rings. The fraction of sp³-hybridized carbons (Fsp3) is 0.357. The average molecular weight is 284 g/mol. The molecule has 1 atom stereocenters. The maximum Gasteiger partial charge on any atom is 0.473 e. The van der Waals surface area contributed by atoms with Gasteiger partial charge in [-0.05, 0) is 30.9 Å². The van der Waals surface area contributed by atoms with E-state index in [0.29, 0.717) is 22.8 Å². The van der Waals surface area contributed by atoms with Crippen molar-refractivity contribution < 1.29 is 18.0 Å². The number of anilines is 1. The standard InChI is InChI=1S/C14H15F3N2O/c1-10-6-5-9-12(10)19(13(20)14(15,16)17)18-11-7-3-2-4-8-11/h2-4,7-10,18H,5-6H2,1H3. The van der Waals surface area contributed by atoms with Crippen molar-refractivity contribution in [2.45, 2.75) is 25.9 Å². The predicted octanol–water partition coefficient (Wildman–Crippen LogP) is 3.72. The average Bonchev–Trinajstić information content (AvgIpc) is 2.81. The van der Waals surface area contributed by atoms with E-state index in [1.807, 2.05) is 6.92 Å². The molecule has 20 heavy (non-hydrogen) atoms. The number of alkyl halides is 3. The van der Waals surface area contributed by atoms with Crippen molar-refractivity contribution in [2.75, 3.05) is 5.43 Å². The van der Waals surface area contributed by atoms with Gasteiger partial charge in [-0.3, -0.25) is 10.2 Å². The van der Waals surface area contributed by atoms with Gasteiger partial charge in [0, 0.05) is 5.70 Å². The van der Waals surface area contributed by atoms with Gasteiger partial charge in [0.05, 0.1) is 5.69 Å². The zero-order chi connectivity index (χ0) is 14.8. The quantitative estimate of drug-likeness (QED) is 0.858. The third kappa shape index (κ3) is 3.12. The number of hydrazine groups is 1. The summed E-state index contributed by atoms with van der Waals surface area (Å²) in [6.45, 7) is 1.81. The van der Waals surface area contributed by atoms with E-state index in [-0.39, 0.29) is 5.92 Å². The summed E-state index contributed by atoms with van der Waals surface area (Å²) in [5, 5.41) is 0.618. The van der Waals surface area contributed by atoms with Crippen LogP contribution in [0.25, 0.3) is 0 Å². The first-order valence-corrected chi connectivity index (χ1v) is 6.32. The minimum Gasteiger partial charge on any atom is -0.291 e. The van der Waals surface area contributed by atoms with Gasteiger partial charge in [0.1, 0.15) is 0 Å². The Balaban J connectivity index is 2.27. The van der Waals surface area contributed by atoms with E-state index >= 15 is 0 Å². The monoisotopic (exact) mass is 284 g/mol. The Hall–Kier alpha value is -1.98. The summed E-state index contributed by atoms with van der Waals surface area (Å²) in [6, 6.07) is 8.34. The Kier molecular flexibility index (Phi) is 4.01. The van der Waals surface area contributed by atoms with Crippen LogP contribution in [0.2, 0.25) is 0 Å². The number of amides is 1. The summed E-state index contributed by atoms with van der Waals surface area (Å²) in [5.74, 6) is -1.99. The molecule has 0 fully saturated rings. The SMILES string of the molecule is CC1CCC=C1N(Nc1ccccc1)C(=O)C(F)(F)F. The number of benzene rings is 1. The normalized spacial score (nSPS) is 18.6. The molecule has 0 bridgehead atoms. The minimum absolute atomic E-state index is 0.0856. The number of nitrogens with one attached hydrogen (secondary N) is 1. The van der Waals surface area contributed by atoms with Crippen LogP contribution in [0, 0.1) is 5.92 Å². The van der Waals surface area contributed by atoms with Gasteiger partial charge in [0.25, 0.3) is 0 Å². The van der Waals surface area contributed by atoms with Crippen molar-refractivity contribution in [2.24, 2.45) is 5.92 Å². The molecule has 0 aliphatic heterocycles. The smallest absolute Gasteiger partial charge is 0.291 e. The highest BCUT2D eigenvalue weighted by Crippen LogP contribution is 2.31. The first-order valence-electron chi connectivity index (χ1n) is 6.32. The highest BCUT2D eigenvalue weighted by Gasteiger charge is 2.45. The van der Waals surface area contributed by atoms with E-state index in [4.69, 9.17) is 0 Å². The van der Waals surface area contributed by atoms with Gasteiger partial charge < -0.3 is 0 Å². The molecule has 0 saturated carbocycles. The lowest BCUT2D eigenvalue weighted by atomic mass is 10.1. The van der Waals surface area contributed by atoms with Gasteiger partial charge in [-0.25, -0.2) is 5.01 Å². The second-order valence-electron chi connectivity index (χ2n) is 4.72. The van der Waals surface area contributed by atoms with Crippen molar-refractivity contribution in [3.8, 4) is 0 Å². The second kappa shape index (κ2) is 5.56. The number of rotatable bonds is 3. The molecule has 3 nitrogen and oxygen atoms in total. The van der Waals surface area contributed by atoms with E-state index in [9.17, 15) is 18.0 Å². The van der Waals surface area contributed by atoms with Crippen LogP contribution in [0.5, 0.6) is 0 Å². The minimum atomic E-state index is -4.91. The van der Waals surface area contributed by atoms with Gasteiger partial charge in [0.15, 0.2) is 0 Å². The fourth-order valence-corrected chi connectivity index (χ4v) is 2.14. The third-order valence-electron chi connectivity index (χ3n) is 3.18. The van der Waals surface area contributed by atoms with E-state index in [1.165, 1.54) is 0 Å². The maximum absolute atomic E-state index is 12.7. The van der Waals surface area contributed by atoms with E-state index in [2.05, 4.69) is 5.43 Å². The van der Waals surface area contributed by atoms with Crippen molar-refractivity contribution in [3.05, 3.63) is 42.1 Å². The topological polar surface area (TPSA) is 32.3 Å². The summed E-state index contributed by atoms with van der Waals surface area (Å²) < 4.78 is 38.2. The zero-order valence-electron chi connectivity index (χ0n) is 10.9. The molecule has 2 rings (SSSR count). The first-order chi connectivity index (χ1) is 9.39. The molecule has 0 saturated heterocycles. The number of carbonyl (C=O) groups excluding carboxylic acids is 1. The highest BCUT2D eigenvalue weighted by atomic mass is 19.4. The number of carbonyl (C=O) groups is 1. The molecule has 6 heteroatoms. The fourth-order valence-electron chi connectivity index (χ4n) is 2.14. The van der Waals surface area contributed by atoms with Crippen LogP contribution in [-0.2, 0) is 4.79 Å². The first kappa shape index (κ1) is 14.4. The van der Waals surface area contributed by atoms with Crippen molar-refractivity contribution in [1.29, 1.82) is 0 Å². The van der Waals surface area contributed by atoms with Crippen LogP contribution >= 0.6 is 0 Å². The summed E-state index contributed by atoms with van der Waals surface area (Å²) in [7, 11) is 0. The van der Waals surface area contributed by atoms with Crippen LogP contribution in [0.3, 0.4) is 0 Å². The molecule has 108 valence electrons. The number of nitrogens with zero attached hydrogens (tertiary/aromatic N) is 1. The van der Waals surface area contributed by atoms with Crippen LogP contribution in [0.15, 0.2) is 42.1 Å². The lowest BCUT2D eigenvalue weighted by Crippen LogP contribution is -2.44. The Labute approximate surface area is 115 Å². The van der Waals surface area contributed by atoms with Gasteiger partial charge in [-0.1, -0.05) is 31.2 Å². The Morgan fingerprint density at radius 2 is 1.95 bits per heavy atom. The molecule has 1 N–H and O–H groups in total. The van der Waals surface area contributed by atoms with Crippen molar-refractivity contribution in [3.63, 3.8) is 0 Å². The van der Waals surface area contributed by atoms with Gasteiger partial charge in [0.2, 0.25) is 0 Å². The van der Waals surface area contributed by atoms with E-state index in [0.717, 1.165) is 6.42 Å². The number of hydrogen-bond acceptors (Lipinski definition) is 2. The highest BCUT2D eigenvalue weighted by molar-refractivity contribution is 5.84. The second-order valence-corrected chi connectivity index (χ2v) is 4.72. The van der Waals surface area contributed by atoms with Crippen molar-refractivity contribution >= 4 is 11.6 Å². The number of allylic oxidation sites excluding steroid dienone is 2. The molecule has 0 aromatic heterocycles. The lowest BCUT2D eigenvalue weighted by molar-refractivity contribution is -0.182. The molecule has 0 radical (unpaired) electrons. The number of hydrogen-bond donors (Lipinski definition) is 1. The number of para-hydroxylation sites is 1. The molecule has 0 spiro atoms. The van der Waals surface area contributed by atoms with Crippen LogP contribution in [-0.4, -0.2) is 17.1 Å². The molecule has 1 amide bonds. The van der Waals surface area contributed by atoms with Gasteiger partial charge >= 0.3 is 12.1 Å². The predicted molar refractivity (Wildman–Crippen MR) is 69.4 cm³/mol. The van der Waals surface area contributed by atoms with Crippen LogP contribution in [0.4, 0.5) is 18.9 Å². The maximum atomic E-state index is 12.7. The third-order valence-corrected chi connectivity index (χ3v) is 3.18. The Morgan fingerprint density at radius 3 is 2.45 bits per heavy atom. The van der Waals surface area contributed by atoms with Crippen LogP contribution < -0.4 is 5.43 Å². The molecule has 1 aliphatic carbocycles. The molecule has 1 aromatic carbocycles. The van der Waals surface area contributed by atoms with Gasteiger partial charge in [-0.2, -0.15) is 13.2 Å². The van der Waals surface area contributed by atoms with E-state index < -0.39 is 12.1 Å². The summed E-state index contributed by atoms with van der Waals surface area (Å²) >= 11 is 0. The molecule has 1 unspecified atom stereocenters. The summed E-state index contributed by atoms with van der Waals surface area (Å²) in [6.07, 6.45) is -1.82. The Morgan fingerprint density at radius 1 is 1.30 bits per heavy atom. The lowest BCUT2D eigenvalue weighted by Gasteiger charge is -2.28. The van der Waals surface area contributed by atoms with E-state index in [1.54, 1.807) is 36.4 Å². The Bertz CT molecular complexity index is 511. The molecular formula is C14H15F3N2O. The summed E-state index contributed by atoms with van der Waals surface area (Å²) in [4.78, 5) is 11.6. The zero-order valence-corrected chi connectivity index (χ0v) is 10.9. The van der Waals surface area contributed by atoms with Crippen molar-refractivity contribution in [1.82, 2.24) is 5.01 Å². The summed E-state index contributed by atoms with van der Waals surface area (Å²) in [5.41, 5.74) is 3.36. The molecule has 0 heterocycles. The molecule has 1 aliphatic rings. The number of halogens is 3. The molecular weight excluding hydrogens is 269 g/mol.